The summed E-state index contributed by atoms with van der Waals surface area (Å²) in [4.78, 5) is 11.1. The number of ether oxygens (including phenoxy) is 1. The average molecular weight is 279 g/mol. The van der Waals surface area contributed by atoms with Crippen molar-refractivity contribution in [3.8, 4) is 11.4 Å². The van der Waals surface area contributed by atoms with Crippen LogP contribution in [0, 0.1) is 0 Å². The zero-order valence-corrected chi connectivity index (χ0v) is 10.7. The van der Waals surface area contributed by atoms with Gasteiger partial charge in [-0.05, 0) is 12.1 Å². The number of aromatic nitrogens is 2. The van der Waals surface area contributed by atoms with Gasteiger partial charge in [-0.1, -0.05) is 36.4 Å². The maximum atomic E-state index is 11.1. The third-order valence-corrected chi connectivity index (χ3v) is 2.40. The Kier molecular flexibility index (Phi) is 3.87. The Balaban J connectivity index is 2.35. The number of para-hydroxylation sites is 1. The number of hydrogen-bond donors (Lipinski definition) is 1. The Morgan fingerprint density at radius 2 is 2.11 bits per heavy atom. The van der Waals surface area contributed by atoms with Gasteiger partial charge in [0, 0.05) is 5.03 Å². The molecule has 1 aromatic carbocycles. The fraction of sp³-hybridized carbons (Fsp3) is 0.0769. The molecular weight excluding hydrogens is 268 g/mol. The van der Waals surface area contributed by atoms with Gasteiger partial charge in [-0.15, -0.1) is 0 Å². The van der Waals surface area contributed by atoms with Crippen molar-refractivity contribution in [2.24, 2.45) is 0 Å². The van der Waals surface area contributed by atoms with Crippen molar-refractivity contribution in [2.75, 3.05) is 6.61 Å². The van der Waals surface area contributed by atoms with Crippen LogP contribution in [0.15, 0.2) is 48.1 Å². The number of benzene rings is 1. The van der Waals surface area contributed by atoms with E-state index in [1.807, 2.05) is 30.3 Å². The summed E-state index contributed by atoms with van der Waals surface area (Å²) in [6.07, 6.45) is 1.50. The molecule has 1 aromatic heterocycles. The van der Waals surface area contributed by atoms with E-state index in [1.54, 1.807) is 0 Å². The SMILES string of the molecule is C=C(Cl)COc1cn(-c2ccccc2)nc1C(=O)O. The Hall–Kier alpha value is -2.27. The molecule has 0 aliphatic heterocycles. The second-order valence-electron chi connectivity index (χ2n) is 3.73. The molecule has 0 spiro atoms. The summed E-state index contributed by atoms with van der Waals surface area (Å²) in [5, 5.41) is 13.3. The van der Waals surface area contributed by atoms with Crippen LogP contribution in [0.2, 0.25) is 0 Å². The highest BCUT2D eigenvalue weighted by Gasteiger charge is 2.18. The lowest BCUT2D eigenvalue weighted by Gasteiger charge is -2.01. The first-order valence-electron chi connectivity index (χ1n) is 5.42. The summed E-state index contributed by atoms with van der Waals surface area (Å²) < 4.78 is 6.71. The summed E-state index contributed by atoms with van der Waals surface area (Å²) in [6.45, 7) is 3.51. The monoisotopic (exact) mass is 278 g/mol. The van der Waals surface area contributed by atoms with Gasteiger partial charge in [-0.25, -0.2) is 9.48 Å². The summed E-state index contributed by atoms with van der Waals surface area (Å²) in [5.74, 6) is -1.01. The largest absolute Gasteiger partial charge is 0.484 e. The number of halogens is 1. The molecule has 98 valence electrons. The average Bonchev–Trinajstić information content (AvgIpc) is 2.81. The van der Waals surface area contributed by atoms with Gasteiger partial charge in [0.2, 0.25) is 5.69 Å². The van der Waals surface area contributed by atoms with Crippen LogP contribution < -0.4 is 4.74 Å². The van der Waals surface area contributed by atoms with Gasteiger partial charge < -0.3 is 9.84 Å². The Bertz CT molecular complexity index is 608. The van der Waals surface area contributed by atoms with Crippen LogP contribution in [0.25, 0.3) is 5.69 Å². The van der Waals surface area contributed by atoms with Gasteiger partial charge in [0.1, 0.15) is 6.61 Å². The third-order valence-electron chi connectivity index (χ3n) is 2.29. The number of rotatable bonds is 5. The van der Waals surface area contributed by atoms with E-state index in [-0.39, 0.29) is 23.1 Å². The molecular formula is C13H11ClN2O3. The Morgan fingerprint density at radius 1 is 1.42 bits per heavy atom. The molecule has 0 atom stereocenters. The maximum absolute atomic E-state index is 11.1. The van der Waals surface area contributed by atoms with Crippen molar-refractivity contribution in [3.63, 3.8) is 0 Å². The van der Waals surface area contributed by atoms with Crippen LogP contribution >= 0.6 is 11.6 Å². The standard InChI is InChI=1S/C13H11ClN2O3/c1-9(14)8-19-11-7-16(15-12(11)13(17)18)10-5-3-2-4-6-10/h2-7H,1,8H2,(H,17,18). The molecule has 0 saturated heterocycles. The van der Waals surface area contributed by atoms with Gasteiger partial charge in [0.15, 0.2) is 5.75 Å². The number of aromatic carboxylic acids is 1. The molecule has 1 N–H and O–H groups in total. The van der Waals surface area contributed by atoms with Gasteiger partial charge in [-0.2, -0.15) is 5.10 Å². The van der Waals surface area contributed by atoms with Gasteiger partial charge >= 0.3 is 5.97 Å². The molecule has 2 aromatic rings. The molecule has 0 amide bonds. The molecule has 2 rings (SSSR count). The first-order chi connectivity index (χ1) is 9.08. The van der Waals surface area contributed by atoms with E-state index < -0.39 is 5.97 Å². The number of carboxylic acids is 1. The van der Waals surface area contributed by atoms with Gasteiger partial charge in [0.05, 0.1) is 11.9 Å². The van der Waals surface area contributed by atoms with Crippen molar-refractivity contribution >= 4 is 17.6 Å². The number of nitrogens with zero attached hydrogens (tertiary/aromatic N) is 2. The molecule has 0 fully saturated rings. The molecule has 0 bridgehead atoms. The van der Waals surface area contributed by atoms with E-state index in [4.69, 9.17) is 21.4 Å². The lowest BCUT2D eigenvalue weighted by molar-refractivity contribution is 0.0686. The second kappa shape index (κ2) is 5.58. The topological polar surface area (TPSA) is 64.4 Å². The Labute approximate surface area is 114 Å². The minimum Gasteiger partial charge on any atom is -0.484 e. The predicted octanol–water partition coefficient (Wildman–Crippen LogP) is 2.70. The zero-order valence-electron chi connectivity index (χ0n) is 9.91. The van der Waals surface area contributed by atoms with Crippen molar-refractivity contribution in [2.45, 2.75) is 0 Å². The molecule has 1 heterocycles. The van der Waals surface area contributed by atoms with Crippen LogP contribution in [0.5, 0.6) is 5.75 Å². The summed E-state index contributed by atoms with van der Waals surface area (Å²) in [7, 11) is 0. The van der Waals surface area contributed by atoms with Gasteiger partial charge in [-0.3, -0.25) is 0 Å². The molecule has 5 nitrogen and oxygen atoms in total. The van der Waals surface area contributed by atoms with Crippen molar-refractivity contribution < 1.29 is 14.6 Å². The first-order valence-corrected chi connectivity index (χ1v) is 5.80. The molecule has 6 heteroatoms. The number of carbonyl (C=O) groups is 1. The Morgan fingerprint density at radius 3 is 2.68 bits per heavy atom. The van der Waals surface area contributed by atoms with Crippen molar-refractivity contribution in [3.05, 3.63) is 53.8 Å². The summed E-state index contributed by atoms with van der Waals surface area (Å²) in [5.41, 5.74) is 0.575. The van der Waals surface area contributed by atoms with Crippen LogP contribution in [0.4, 0.5) is 0 Å². The lowest BCUT2D eigenvalue weighted by Crippen LogP contribution is -2.04. The fourth-order valence-electron chi connectivity index (χ4n) is 1.48. The molecule has 0 saturated carbocycles. The first kappa shape index (κ1) is 13.2. The summed E-state index contributed by atoms with van der Waals surface area (Å²) >= 11 is 5.59. The lowest BCUT2D eigenvalue weighted by atomic mass is 10.3. The van der Waals surface area contributed by atoms with Crippen LogP contribution in [0.1, 0.15) is 10.5 Å². The molecule has 19 heavy (non-hydrogen) atoms. The van der Waals surface area contributed by atoms with Crippen LogP contribution in [-0.4, -0.2) is 27.5 Å². The molecule has 0 radical (unpaired) electrons. The quantitative estimate of drug-likeness (QED) is 0.913. The molecule has 0 aliphatic carbocycles. The highest BCUT2D eigenvalue weighted by atomic mass is 35.5. The van der Waals surface area contributed by atoms with Gasteiger partial charge in [0.25, 0.3) is 0 Å². The van der Waals surface area contributed by atoms with E-state index in [2.05, 4.69) is 11.7 Å². The van der Waals surface area contributed by atoms with E-state index in [1.165, 1.54) is 10.9 Å². The fourth-order valence-corrected chi connectivity index (χ4v) is 1.54. The molecule has 0 unspecified atom stereocenters. The predicted molar refractivity (Wildman–Crippen MR) is 71.0 cm³/mol. The minimum atomic E-state index is -1.16. The normalized spacial score (nSPS) is 10.2. The highest BCUT2D eigenvalue weighted by Crippen LogP contribution is 2.20. The zero-order chi connectivity index (χ0) is 13.8. The number of hydrogen-bond acceptors (Lipinski definition) is 3. The van der Waals surface area contributed by atoms with Crippen molar-refractivity contribution in [1.29, 1.82) is 0 Å². The van der Waals surface area contributed by atoms with E-state index >= 15 is 0 Å². The van der Waals surface area contributed by atoms with E-state index in [9.17, 15) is 4.79 Å². The maximum Gasteiger partial charge on any atom is 0.360 e. The smallest absolute Gasteiger partial charge is 0.360 e. The van der Waals surface area contributed by atoms with Crippen molar-refractivity contribution in [1.82, 2.24) is 9.78 Å². The minimum absolute atomic E-state index is 0.0301. The van der Waals surface area contributed by atoms with Crippen LogP contribution in [0.3, 0.4) is 0 Å². The van der Waals surface area contributed by atoms with E-state index in [0.29, 0.717) is 0 Å². The van der Waals surface area contributed by atoms with Crippen LogP contribution in [-0.2, 0) is 0 Å². The second-order valence-corrected chi connectivity index (χ2v) is 4.27. The molecule has 0 aliphatic rings. The summed E-state index contributed by atoms with van der Waals surface area (Å²) in [6, 6.07) is 9.14. The highest BCUT2D eigenvalue weighted by molar-refractivity contribution is 6.29. The number of carboxylic acid groups (broad SMARTS) is 1. The third kappa shape index (κ3) is 3.14. The van der Waals surface area contributed by atoms with E-state index in [0.717, 1.165) is 5.69 Å².